The summed E-state index contributed by atoms with van der Waals surface area (Å²) in [5, 5.41) is 24.5. The van der Waals surface area contributed by atoms with Crippen LogP contribution in [0.1, 0.15) is 28.1 Å². The summed E-state index contributed by atoms with van der Waals surface area (Å²) in [6.45, 7) is 4.68. The second-order valence-corrected chi connectivity index (χ2v) is 10.0. The molecule has 2 atom stereocenters. The highest BCUT2D eigenvalue weighted by Crippen LogP contribution is 2.30. The van der Waals surface area contributed by atoms with Gasteiger partial charge < -0.3 is 24.1 Å². The molecule has 1 fully saturated rings. The van der Waals surface area contributed by atoms with E-state index in [0.29, 0.717) is 41.7 Å². The zero-order chi connectivity index (χ0) is 26.6. The predicted octanol–water partition coefficient (Wildman–Crippen LogP) is 2.58. The minimum atomic E-state index is -1.03. The van der Waals surface area contributed by atoms with Gasteiger partial charge in [-0.15, -0.1) is 11.3 Å². The highest BCUT2D eigenvalue weighted by atomic mass is 32.1. The first-order valence-corrected chi connectivity index (χ1v) is 13.0. The Balaban J connectivity index is 1.45. The number of aromatic nitrogens is 3. The van der Waals surface area contributed by atoms with Gasteiger partial charge in [0.2, 0.25) is 11.9 Å². The molecule has 198 valence electrons. The van der Waals surface area contributed by atoms with Gasteiger partial charge in [-0.25, -0.2) is 9.97 Å². The first kappa shape index (κ1) is 25.8. The zero-order valence-corrected chi connectivity index (χ0v) is 21.4. The van der Waals surface area contributed by atoms with E-state index in [1.54, 1.807) is 18.3 Å². The molecule has 5 rings (SSSR count). The number of imidazole rings is 1. The van der Waals surface area contributed by atoms with Crippen molar-refractivity contribution in [1.29, 1.82) is 0 Å². The predicted molar refractivity (Wildman–Crippen MR) is 142 cm³/mol. The van der Waals surface area contributed by atoms with Crippen LogP contribution in [0.25, 0.3) is 21.7 Å². The summed E-state index contributed by atoms with van der Waals surface area (Å²) in [6, 6.07) is 9.14. The third-order valence-corrected chi connectivity index (χ3v) is 7.58. The molecule has 4 aromatic rings. The van der Waals surface area contributed by atoms with Crippen molar-refractivity contribution in [2.45, 2.75) is 38.2 Å². The zero-order valence-electron chi connectivity index (χ0n) is 20.5. The van der Waals surface area contributed by atoms with Gasteiger partial charge in [-0.05, 0) is 48.7 Å². The molecule has 2 amide bonds. The highest BCUT2D eigenvalue weighted by Gasteiger charge is 2.29. The van der Waals surface area contributed by atoms with Crippen LogP contribution in [0.5, 0.6) is 0 Å². The van der Waals surface area contributed by atoms with Gasteiger partial charge in [0, 0.05) is 19.6 Å². The molecule has 38 heavy (non-hydrogen) atoms. The van der Waals surface area contributed by atoms with Crippen LogP contribution in [0.3, 0.4) is 0 Å². The van der Waals surface area contributed by atoms with Crippen molar-refractivity contribution in [3.05, 3.63) is 66.0 Å². The number of hydrogen-bond acceptors (Lipinski definition) is 9. The third kappa shape index (κ3) is 5.38. The van der Waals surface area contributed by atoms with Gasteiger partial charge in [-0.2, -0.15) is 0 Å². The van der Waals surface area contributed by atoms with Gasteiger partial charge in [-0.1, -0.05) is 12.6 Å². The quantitative estimate of drug-likeness (QED) is 0.179. The Morgan fingerprint density at radius 2 is 2.18 bits per heavy atom. The number of aliphatic hydroxyl groups excluding tert-OH is 2. The average Bonchev–Trinajstić information content (AvgIpc) is 3.74. The summed E-state index contributed by atoms with van der Waals surface area (Å²) in [7, 11) is 0. The molecule has 0 aliphatic carbocycles. The Labute approximate surface area is 222 Å². The Bertz CT molecular complexity index is 1450. The van der Waals surface area contributed by atoms with Gasteiger partial charge in [0.15, 0.2) is 12.2 Å². The van der Waals surface area contributed by atoms with Gasteiger partial charge >= 0.3 is 0 Å². The molecule has 0 unspecified atom stereocenters. The Kier molecular flexibility index (Phi) is 7.65. The fourth-order valence-electron chi connectivity index (χ4n) is 4.60. The third-order valence-electron chi connectivity index (χ3n) is 6.49. The smallest absolute Gasteiger partial charge is 0.268 e. The van der Waals surface area contributed by atoms with Gasteiger partial charge in [-0.3, -0.25) is 20.2 Å². The Morgan fingerprint density at radius 3 is 2.95 bits per heavy atom. The fourth-order valence-corrected chi connectivity index (χ4v) is 5.46. The number of thiophene rings is 1. The molecular formula is C26H28N6O5S. The van der Waals surface area contributed by atoms with Gasteiger partial charge in [0.25, 0.3) is 5.91 Å². The maximum absolute atomic E-state index is 13.2. The van der Waals surface area contributed by atoms with Crippen LogP contribution >= 0.6 is 11.3 Å². The first-order valence-electron chi connectivity index (χ1n) is 12.2. The number of oxazole rings is 1. The van der Waals surface area contributed by atoms with Crippen molar-refractivity contribution in [1.82, 2.24) is 24.8 Å². The molecule has 0 spiro atoms. The standard InChI is InChI=1S/C26H28N6O5S/c1-2-24(35)31-9-3-4-17(31)13-32-19-6-5-16(11-28-23(34)14-33)10-18(19)29-26(32)30-25(36)22-8-7-21(38-22)20-12-27-15-37-20/h2,5-8,10,12,15,17,23,28,33-34H,1,3-4,9,11,13-14H2,(H,29,30,36)/t17-,23-/m1/s1. The Hall–Kier alpha value is -3.84. The molecule has 1 aliphatic rings. The number of nitrogens with one attached hydrogen (secondary N) is 2. The molecule has 1 aromatic carbocycles. The molecule has 0 saturated carbocycles. The van der Waals surface area contributed by atoms with Crippen molar-refractivity contribution < 1.29 is 24.2 Å². The molecule has 3 aromatic heterocycles. The molecule has 0 bridgehead atoms. The minimum Gasteiger partial charge on any atom is -0.443 e. The second kappa shape index (κ2) is 11.3. The van der Waals surface area contributed by atoms with Crippen molar-refractivity contribution in [2.75, 3.05) is 18.5 Å². The number of rotatable bonds is 10. The van der Waals surface area contributed by atoms with Crippen LogP contribution in [-0.4, -0.2) is 66.9 Å². The van der Waals surface area contributed by atoms with E-state index in [1.807, 2.05) is 27.7 Å². The minimum absolute atomic E-state index is 0.0608. The van der Waals surface area contributed by atoms with Gasteiger partial charge in [0.1, 0.15) is 6.23 Å². The number of nitrogens with zero attached hydrogens (tertiary/aromatic N) is 4. The molecule has 4 heterocycles. The molecular weight excluding hydrogens is 508 g/mol. The lowest BCUT2D eigenvalue weighted by Gasteiger charge is -2.24. The summed E-state index contributed by atoms with van der Waals surface area (Å²) in [6.07, 6.45) is 4.96. The van der Waals surface area contributed by atoms with Crippen LogP contribution < -0.4 is 10.6 Å². The normalized spacial score (nSPS) is 16.2. The van der Waals surface area contributed by atoms with Crippen LogP contribution in [0.4, 0.5) is 5.95 Å². The lowest BCUT2D eigenvalue weighted by molar-refractivity contribution is -0.126. The van der Waals surface area contributed by atoms with E-state index in [-0.39, 0.29) is 17.9 Å². The Morgan fingerprint density at radius 1 is 1.32 bits per heavy atom. The van der Waals surface area contributed by atoms with Crippen LogP contribution in [-0.2, 0) is 17.9 Å². The molecule has 4 N–H and O–H groups in total. The van der Waals surface area contributed by atoms with Crippen molar-refractivity contribution in [3.63, 3.8) is 0 Å². The number of carbonyl (C=O) groups excluding carboxylic acids is 2. The SMILES string of the molecule is C=CC(=O)N1CCC[C@@H]1Cn1c(NC(=O)c2ccc(-c3cnco3)s2)nc2cc(CN[C@H](O)CO)ccc21. The summed E-state index contributed by atoms with van der Waals surface area (Å²) >= 11 is 1.29. The number of hydrogen-bond donors (Lipinski definition) is 4. The van der Waals surface area contributed by atoms with E-state index in [0.717, 1.165) is 28.8 Å². The summed E-state index contributed by atoms with van der Waals surface area (Å²) in [5.41, 5.74) is 2.32. The van der Waals surface area contributed by atoms with Crippen molar-refractivity contribution in [2.24, 2.45) is 0 Å². The molecule has 11 nitrogen and oxygen atoms in total. The number of aliphatic hydroxyl groups is 2. The topological polar surface area (TPSA) is 146 Å². The number of fused-ring (bicyclic) bond motifs is 1. The van der Waals surface area contributed by atoms with Crippen LogP contribution in [0.15, 0.2) is 60.0 Å². The average molecular weight is 537 g/mol. The highest BCUT2D eigenvalue weighted by molar-refractivity contribution is 7.17. The number of benzene rings is 1. The maximum Gasteiger partial charge on any atom is 0.268 e. The number of carbonyl (C=O) groups is 2. The molecule has 12 heteroatoms. The second-order valence-electron chi connectivity index (χ2n) is 8.96. The maximum atomic E-state index is 13.2. The number of anilines is 1. The van der Waals surface area contributed by atoms with E-state index in [4.69, 9.17) is 14.5 Å². The van der Waals surface area contributed by atoms with Crippen LogP contribution in [0, 0.1) is 0 Å². The first-order chi connectivity index (χ1) is 18.5. The summed E-state index contributed by atoms with van der Waals surface area (Å²) < 4.78 is 7.26. The molecule has 1 aliphatic heterocycles. The van der Waals surface area contributed by atoms with E-state index >= 15 is 0 Å². The number of likely N-dealkylation sites (tertiary alicyclic amines) is 1. The number of amides is 2. The summed E-state index contributed by atoms with van der Waals surface area (Å²) in [4.78, 5) is 37.4. The largest absolute Gasteiger partial charge is 0.443 e. The van der Waals surface area contributed by atoms with E-state index in [9.17, 15) is 14.7 Å². The lowest BCUT2D eigenvalue weighted by Crippen LogP contribution is -2.37. The van der Waals surface area contributed by atoms with Crippen molar-refractivity contribution in [3.8, 4) is 10.6 Å². The van der Waals surface area contributed by atoms with E-state index in [2.05, 4.69) is 22.2 Å². The molecule has 1 saturated heterocycles. The lowest BCUT2D eigenvalue weighted by atomic mass is 10.2. The van der Waals surface area contributed by atoms with E-state index < -0.39 is 12.8 Å². The summed E-state index contributed by atoms with van der Waals surface area (Å²) in [5.74, 6) is 0.535. The van der Waals surface area contributed by atoms with Crippen LogP contribution in [0.2, 0.25) is 0 Å². The van der Waals surface area contributed by atoms with Gasteiger partial charge in [0.05, 0.1) is 39.6 Å². The molecule has 0 radical (unpaired) electrons. The fraction of sp³-hybridized carbons (Fsp3) is 0.308. The monoisotopic (exact) mass is 536 g/mol. The van der Waals surface area contributed by atoms with E-state index in [1.165, 1.54) is 23.8 Å². The van der Waals surface area contributed by atoms with Crippen molar-refractivity contribution >= 4 is 40.1 Å².